The second-order valence-corrected chi connectivity index (χ2v) is 8.55. The Morgan fingerprint density at radius 2 is 1.93 bits per heavy atom. The Labute approximate surface area is 180 Å². The molecule has 2 aliphatic rings. The second-order valence-electron chi connectivity index (χ2n) is 8.14. The van der Waals surface area contributed by atoms with Crippen LogP contribution in [-0.4, -0.2) is 48.4 Å². The molecule has 0 spiro atoms. The minimum Gasteiger partial charge on any atom is -0.488 e. The van der Waals surface area contributed by atoms with E-state index in [4.69, 9.17) is 21.1 Å². The van der Waals surface area contributed by atoms with Crippen LogP contribution >= 0.6 is 11.6 Å². The number of aliphatic hydroxyl groups excluding tert-OH is 1. The Bertz CT molecular complexity index is 924. The van der Waals surface area contributed by atoms with Crippen molar-refractivity contribution in [1.82, 2.24) is 4.90 Å². The van der Waals surface area contributed by atoms with E-state index in [1.807, 2.05) is 0 Å². The van der Waals surface area contributed by atoms with Gasteiger partial charge in [-0.25, -0.2) is 9.18 Å². The van der Waals surface area contributed by atoms with Crippen LogP contribution in [-0.2, 0) is 11.3 Å². The number of esters is 1. The topological polar surface area (TPSA) is 59.0 Å². The van der Waals surface area contributed by atoms with Gasteiger partial charge in [0.25, 0.3) is 0 Å². The van der Waals surface area contributed by atoms with Gasteiger partial charge in [-0.05, 0) is 48.9 Å². The Morgan fingerprint density at radius 3 is 2.70 bits per heavy atom. The van der Waals surface area contributed by atoms with Crippen LogP contribution in [0.25, 0.3) is 0 Å². The second kappa shape index (κ2) is 8.92. The maximum absolute atomic E-state index is 14.3. The van der Waals surface area contributed by atoms with Crippen molar-refractivity contribution in [3.63, 3.8) is 0 Å². The average Bonchev–Trinajstić information content (AvgIpc) is 3.12. The van der Waals surface area contributed by atoms with Crippen molar-refractivity contribution < 1.29 is 23.8 Å². The van der Waals surface area contributed by atoms with Gasteiger partial charge in [-0.2, -0.15) is 0 Å². The molecule has 1 aliphatic carbocycles. The van der Waals surface area contributed by atoms with E-state index in [-0.39, 0.29) is 16.9 Å². The number of rotatable bonds is 5. The maximum atomic E-state index is 14.3. The molecule has 30 heavy (non-hydrogen) atoms. The van der Waals surface area contributed by atoms with Crippen molar-refractivity contribution in [2.45, 2.75) is 31.6 Å². The highest BCUT2D eigenvalue weighted by atomic mass is 35.5. The third-order valence-corrected chi connectivity index (χ3v) is 6.42. The van der Waals surface area contributed by atoms with Gasteiger partial charge in [0.1, 0.15) is 17.7 Å². The third kappa shape index (κ3) is 4.46. The molecule has 0 unspecified atom stereocenters. The van der Waals surface area contributed by atoms with E-state index < -0.39 is 12.1 Å². The lowest BCUT2D eigenvalue weighted by Gasteiger charge is -2.35. The fourth-order valence-corrected chi connectivity index (χ4v) is 4.84. The summed E-state index contributed by atoms with van der Waals surface area (Å²) in [6, 6.07) is 11.9. The summed E-state index contributed by atoms with van der Waals surface area (Å²) in [7, 11) is 1.34. The fraction of sp³-hybridized carbons (Fsp3) is 0.435. The lowest BCUT2D eigenvalue weighted by atomic mass is 9.78. The number of carbonyl (C=O) groups is 1. The first kappa shape index (κ1) is 21.1. The molecule has 1 saturated heterocycles. The number of likely N-dealkylation sites (tertiary alicyclic amines) is 1. The van der Waals surface area contributed by atoms with Gasteiger partial charge in [-0.3, -0.25) is 4.90 Å². The predicted molar refractivity (Wildman–Crippen MR) is 111 cm³/mol. The number of benzene rings is 2. The molecule has 1 saturated carbocycles. The monoisotopic (exact) mass is 433 g/mol. The summed E-state index contributed by atoms with van der Waals surface area (Å²) in [5.41, 5.74) is 1.00. The smallest absolute Gasteiger partial charge is 0.337 e. The van der Waals surface area contributed by atoms with Crippen LogP contribution in [0.3, 0.4) is 0 Å². The summed E-state index contributed by atoms with van der Waals surface area (Å²) in [6.07, 6.45) is 0.418. The van der Waals surface area contributed by atoms with E-state index >= 15 is 0 Å². The number of carbonyl (C=O) groups excluding carboxylic acids is 1. The van der Waals surface area contributed by atoms with Crippen LogP contribution in [0.2, 0.25) is 5.02 Å². The molecule has 0 bridgehead atoms. The van der Waals surface area contributed by atoms with Crippen LogP contribution in [0.4, 0.5) is 4.39 Å². The summed E-state index contributed by atoms with van der Waals surface area (Å²) in [5, 5.41) is 10.8. The average molecular weight is 434 g/mol. The molecular weight excluding hydrogens is 409 g/mol. The summed E-state index contributed by atoms with van der Waals surface area (Å²) in [6.45, 7) is 2.14. The largest absolute Gasteiger partial charge is 0.488 e. The highest BCUT2D eigenvalue weighted by molar-refractivity contribution is 6.30. The first-order valence-corrected chi connectivity index (χ1v) is 10.5. The number of halogens is 2. The third-order valence-electron chi connectivity index (χ3n) is 6.13. The van der Waals surface area contributed by atoms with Gasteiger partial charge in [0.05, 0.1) is 23.8 Å². The number of aliphatic hydroxyl groups is 1. The lowest BCUT2D eigenvalue weighted by molar-refractivity contribution is -0.0231. The standard InChI is InChI=1S/C23H25ClFNO4/c1-29-23(28)14-4-2-6-18(8-14)30-21-10-17-13-26(12-16(17)9-20(21)27)11-15-5-3-7-19(24)22(15)25/h2-8,16-17,20-21,27H,9-13H2,1H3/t16-,17+,20+,21+/m0/s1. The Morgan fingerprint density at radius 1 is 1.20 bits per heavy atom. The normalized spacial score (nSPS) is 26.3. The fourth-order valence-electron chi connectivity index (χ4n) is 4.64. The van der Waals surface area contributed by atoms with Gasteiger partial charge >= 0.3 is 5.97 Å². The number of hydrogen-bond acceptors (Lipinski definition) is 5. The summed E-state index contributed by atoms with van der Waals surface area (Å²) >= 11 is 5.90. The minimum absolute atomic E-state index is 0.141. The highest BCUT2D eigenvalue weighted by Gasteiger charge is 2.42. The van der Waals surface area contributed by atoms with Gasteiger partial charge in [0.15, 0.2) is 0 Å². The zero-order valence-electron chi connectivity index (χ0n) is 16.8. The summed E-state index contributed by atoms with van der Waals surface area (Å²) in [5.74, 6) is 0.467. The molecule has 160 valence electrons. The van der Waals surface area contributed by atoms with Gasteiger partial charge in [-0.15, -0.1) is 0 Å². The summed E-state index contributed by atoms with van der Waals surface area (Å²) < 4.78 is 25.1. The van der Waals surface area contributed by atoms with E-state index in [2.05, 4.69) is 4.90 Å². The van der Waals surface area contributed by atoms with Crippen LogP contribution in [0, 0.1) is 17.7 Å². The molecule has 2 aromatic carbocycles. The quantitative estimate of drug-likeness (QED) is 0.724. The van der Waals surface area contributed by atoms with Crippen molar-refractivity contribution >= 4 is 17.6 Å². The zero-order chi connectivity index (χ0) is 21.3. The van der Waals surface area contributed by atoms with Gasteiger partial charge < -0.3 is 14.6 Å². The molecule has 2 fully saturated rings. The Kier molecular flexibility index (Phi) is 6.27. The molecule has 4 atom stereocenters. The highest BCUT2D eigenvalue weighted by Crippen LogP contribution is 2.38. The minimum atomic E-state index is -0.587. The van der Waals surface area contributed by atoms with Crippen molar-refractivity contribution in [2.24, 2.45) is 11.8 Å². The Hall–Kier alpha value is -2.15. The predicted octanol–water partition coefficient (Wildman–Crippen LogP) is 3.92. The molecule has 1 N–H and O–H groups in total. The van der Waals surface area contributed by atoms with Crippen molar-refractivity contribution in [2.75, 3.05) is 20.2 Å². The van der Waals surface area contributed by atoms with E-state index in [9.17, 15) is 14.3 Å². The van der Waals surface area contributed by atoms with E-state index in [0.717, 1.165) is 13.1 Å². The van der Waals surface area contributed by atoms with Gasteiger partial charge in [-0.1, -0.05) is 29.8 Å². The molecule has 1 heterocycles. The number of methoxy groups -OCH3 is 1. The van der Waals surface area contributed by atoms with Crippen molar-refractivity contribution in [3.8, 4) is 5.75 Å². The van der Waals surface area contributed by atoms with Crippen molar-refractivity contribution in [3.05, 3.63) is 64.4 Å². The van der Waals surface area contributed by atoms with E-state index in [1.54, 1.807) is 42.5 Å². The number of ether oxygens (including phenoxy) is 2. The van der Waals surface area contributed by atoms with Crippen LogP contribution in [0.15, 0.2) is 42.5 Å². The van der Waals surface area contributed by atoms with Crippen LogP contribution in [0.1, 0.15) is 28.8 Å². The lowest BCUT2D eigenvalue weighted by Crippen LogP contribution is -2.42. The van der Waals surface area contributed by atoms with Crippen LogP contribution in [0.5, 0.6) is 5.75 Å². The molecule has 0 amide bonds. The summed E-state index contributed by atoms with van der Waals surface area (Å²) in [4.78, 5) is 14.0. The molecule has 0 radical (unpaired) electrons. The van der Waals surface area contributed by atoms with Crippen molar-refractivity contribution in [1.29, 1.82) is 0 Å². The van der Waals surface area contributed by atoms with E-state index in [1.165, 1.54) is 7.11 Å². The van der Waals surface area contributed by atoms with Crippen LogP contribution < -0.4 is 4.74 Å². The number of hydrogen-bond donors (Lipinski definition) is 1. The first-order chi connectivity index (χ1) is 14.4. The molecule has 7 heteroatoms. The first-order valence-electron chi connectivity index (χ1n) is 10.1. The Balaban J connectivity index is 1.40. The molecule has 5 nitrogen and oxygen atoms in total. The number of fused-ring (bicyclic) bond motifs is 1. The molecule has 0 aromatic heterocycles. The molecule has 1 aliphatic heterocycles. The number of nitrogens with zero attached hydrogens (tertiary/aromatic N) is 1. The molecule has 2 aromatic rings. The van der Waals surface area contributed by atoms with Gasteiger partial charge in [0, 0.05) is 25.2 Å². The molecule has 4 rings (SSSR count). The zero-order valence-corrected chi connectivity index (χ0v) is 17.5. The van der Waals surface area contributed by atoms with E-state index in [0.29, 0.717) is 48.1 Å². The SMILES string of the molecule is COC(=O)c1cccc(O[C@@H]2C[C@@H]3CN(Cc4cccc(Cl)c4F)C[C@@H]3C[C@H]2O)c1. The maximum Gasteiger partial charge on any atom is 0.337 e. The molecular formula is C23H25ClFNO4. The van der Waals surface area contributed by atoms with Gasteiger partial charge in [0.2, 0.25) is 0 Å².